The van der Waals surface area contributed by atoms with Crippen LogP contribution in [0.3, 0.4) is 0 Å². The summed E-state index contributed by atoms with van der Waals surface area (Å²) in [7, 11) is 3.93. The van der Waals surface area contributed by atoms with E-state index in [9.17, 15) is 0 Å². The number of fused-ring (bicyclic) bond motifs is 2. The summed E-state index contributed by atoms with van der Waals surface area (Å²) in [4.78, 5) is 4.00. The van der Waals surface area contributed by atoms with E-state index in [1.165, 1.54) is 11.1 Å². The summed E-state index contributed by atoms with van der Waals surface area (Å²) in [6.07, 6.45) is 0.975. The highest BCUT2D eigenvalue weighted by Crippen LogP contribution is 2.20. The Bertz CT molecular complexity index is 354. The molecule has 0 N–H and O–H groups in total. The molecule has 0 spiro atoms. The second-order valence-electron chi connectivity index (χ2n) is 3.55. The minimum absolute atomic E-state index is 0.975. The van der Waals surface area contributed by atoms with Crippen LogP contribution in [0.4, 0.5) is 0 Å². The van der Waals surface area contributed by atoms with Crippen LogP contribution >= 0.6 is 24.4 Å². The monoisotopic (exact) mass is 237 g/mol. The first-order valence-corrected chi connectivity index (χ1v) is 5.72. The highest BCUT2D eigenvalue weighted by Gasteiger charge is 2.13. The Morgan fingerprint density at radius 2 is 1.80 bits per heavy atom. The van der Waals surface area contributed by atoms with Crippen LogP contribution in [-0.4, -0.2) is 28.8 Å². The fourth-order valence-corrected chi connectivity index (χ4v) is 1.46. The van der Waals surface area contributed by atoms with Gasteiger partial charge >= 0.3 is 0 Å². The molecule has 2 aliphatic carbocycles. The average molecular weight is 237 g/mol. The van der Waals surface area contributed by atoms with Crippen molar-refractivity contribution in [2.75, 3.05) is 14.1 Å². The van der Waals surface area contributed by atoms with E-state index in [0.29, 0.717) is 0 Å². The Balaban J connectivity index is 0.000000153. The molecule has 0 saturated carbocycles. The summed E-state index contributed by atoms with van der Waals surface area (Å²) >= 11 is 9.90. The van der Waals surface area contributed by atoms with Crippen LogP contribution in [0.1, 0.15) is 24.5 Å². The minimum atomic E-state index is 0.975. The summed E-state index contributed by atoms with van der Waals surface area (Å²) < 4.78 is 0. The standard InChI is InChI=1S/C7H4S.C5H11NS/c8-7-5-2-1-3-6(7)4-5;1-4-5(7)6(2)3/h1-4H;4H2,1-3H3. The van der Waals surface area contributed by atoms with Crippen molar-refractivity contribution in [1.82, 2.24) is 4.90 Å². The first-order valence-electron chi connectivity index (χ1n) is 4.91. The highest BCUT2D eigenvalue weighted by atomic mass is 32.1. The minimum Gasteiger partial charge on any atom is -0.372 e. The van der Waals surface area contributed by atoms with Gasteiger partial charge in [0.2, 0.25) is 0 Å². The molecule has 80 valence electrons. The zero-order valence-corrected chi connectivity index (χ0v) is 10.9. The van der Waals surface area contributed by atoms with Gasteiger partial charge in [-0.2, -0.15) is 0 Å². The van der Waals surface area contributed by atoms with E-state index in [-0.39, 0.29) is 0 Å². The quantitative estimate of drug-likeness (QED) is 0.702. The number of nitrogens with zero attached hydrogens (tertiary/aromatic N) is 1. The van der Waals surface area contributed by atoms with Gasteiger partial charge in [0.1, 0.15) is 0 Å². The van der Waals surface area contributed by atoms with Crippen LogP contribution in [0.25, 0.3) is 0 Å². The molecule has 3 rings (SSSR count). The maximum absolute atomic E-state index is 4.99. The van der Waals surface area contributed by atoms with Crippen LogP contribution in [-0.2, 0) is 0 Å². The van der Waals surface area contributed by atoms with E-state index < -0.39 is 0 Å². The van der Waals surface area contributed by atoms with Gasteiger partial charge in [0.05, 0.1) is 9.85 Å². The lowest BCUT2D eigenvalue weighted by Gasteiger charge is -2.13. The molecule has 0 radical (unpaired) electrons. The number of rotatable bonds is 1. The summed E-state index contributed by atoms with van der Waals surface area (Å²) in [5, 5.41) is 0. The zero-order valence-electron chi connectivity index (χ0n) is 9.28. The first-order chi connectivity index (χ1) is 7.06. The van der Waals surface area contributed by atoms with Gasteiger partial charge in [-0.15, -0.1) is 0 Å². The fraction of sp³-hybridized carbons (Fsp3) is 0.333. The van der Waals surface area contributed by atoms with E-state index in [0.717, 1.165) is 16.3 Å². The van der Waals surface area contributed by atoms with Crippen molar-refractivity contribution >= 4 is 34.3 Å². The molecular formula is C12H15NS2. The highest BCUT2D eigenvalue weighted by molar-refractivity contribution is 7.81. The van der Waals surface area contributed by atoms with E-state index in [4.69, 9.17) is 24.4 Å². The smallest absolute Gasteiger partial charge is 0.0771 e. The SMILES string of the molecule is CCC(=S)N(C)C.S=C1c2cccc1c2. The third kappa shape index (κ3) is 3.08. The largest absolute Gasteiger partial charge is 0.372 e. The molecule has 15 heavy (non-hydrogen) atoms. The molecule has 0 heterocycles. The van der Waals surface area contributed by atoms with Gasteiger partial charge in [0, 0.05) is 14.1 Å². The maximum atomic E-state index is 4.99. The van der Waals surface area contributed by atoms with Crippen LogP contribution in [0.5, 0.6) is 0 Å². The molecule has 0 aliphatic heterocycles. The Hall–Kier alpha value is -0.800. The van der Waals surface area contributed by atoms with Crippen molar-refractivity contribution in [3.63, 3.8) is 0 Å². The van der Waals surface area contributed by atoms with E-state index in [1.807, 2.05) is 37.2 Å². The van der Waals surface area contributed by atoms with Gasteiger partial charge in [-0.05, 0) is 23.6 Å². The normalized spacial score (nSPS) is 11.0. The molecule has 0 amide bonds. The van der Waals surface area contributed by atoms with Crippen LogP contribution in [0.2, 0.25) is 0 Å². The average Bonchev–Trinajstić information content (AvgIpc) is 2.28. The molecule has 1 aromatic carbocycles. The summed E-state index contributed by atoms with van der Waals surface area (Å²) in [6.45, 7) is 2.06. The molecule has 1 aromatic rings. The summed E-state index contributed by atoms with van der Waals surface area (Å²) in [6, 6.07) is 8.20. The molecule has 0 unspecified atom stereocenters. The Morgan fingerprint density at radius 3 is 1.93 bits per heavy atom. The van der Waals surface area contributed by atoms with Crippen molar-refractivity contribution in [3.8, 4) is 0 Å². The van der Waals surface area contributed by atoms with E-state index in [2.05, 4.69) is 13.0 Å². The Labute approximate surface area is 102 Å². The molecule has 2 bridgehead atoms. The number of hydrogen-bond acceptors (Lipinski definition) is 2. The molecule has 0 atom stereocenters. The van der Waals surface area contributed by atoms with Crippen LogP contribution in [0, 0.1) is 0 Å². The predicted molar refractivity (Wildman–Crippen MR) is 73.8 cm³/mol. The third-order valence-corrected chi connectivity index (χ3v) is 3.31. The van der Waals surface area contributed by atoms with Gasteiger partial charge in [-0.25, -0.2) is 0 Å². The first kappa shape index (κ1) is 12.3. The van der Waals surface area contributed by atoms with E-state index in [1.54, 1.807) is 0 Å². The van der Waals surface area contributed by atoms with Gasteiger partial charge < -0.3 is 4.90 Å². The van der Waals surface area contributed by atoms with Crippen molar-refractivity contribution in [2.24, 2.45) is 0 Å². The number of hydrogen-bond donors (Lipinski definition) is 0. The van der Waals surface area contributed by atoms with Crippen LogP contribution in [0.15, 0.2) is 24.3 Å². The van der Waals surface area contributed by atoms with Gasteiger partial charge in [-0.3, -0.25) is 0 Å². The van der Waals surface area contributed by atoms with Crippen molar-refractivity contribution in [1.29, 1.82) is 0 Å². The molecule has 0 aromatic heterocycles. The Morgan fingerprint density at radius 1 is 1.27 bits per heavy atom. The van der Waals surface area contributed by atoms with Gasteiger partial charge in [0.25, 0.3) is 0 Å². The molecule has 1 nitrogen and oxygen atoms in total. The number of thiocarbonyl (C=S) groups is 2. The molecule has 0 saturated heterocycles. The lowest BCUT2D eigenvalue weighted by molar-refractivity contribution is 0.622. The van der Waals surface area contributed by atoms with Crippen molar-refractivity contribution in [3.05, 3.63) is 35.4 Å². The second-order valence-corrected chi connectivity index (χ2v) is 4.43. The molecule has 3 heteroatoms. The Kier molecular flexibility index (Phi) is 4.36. The van der Waals surface area contributed by atoms with Crippen LogP contribution < -0.4 is 0 Å². The second kappa shape index (κ2) is 5.33. The fourth-order valence-electron chi connectivity index (χ4n) is 1.21. The molecule has 0 fully saturated rings. The van der Waals surface area contributed by atoms with E-state index >= 15 is 0 Å². The zero-order chi connectivity index (χ0) is 11.4. The maximum Gasteiger partial charge on any atom is 0.0771 e. The van der Waals surface area contributed by atoms with Crippen molar-refractivity contribution < 1.29 is 0 Å². The summed E-state index contributed by atoms with van der Waals surface area (Å²) in [5.41, 5.74) is 2.44. The lowest BCUT2D eigenvalue weighted by atomic mass is 9.93. The lowest BCUT2D eigenvalue weighted by Crippen LogP contribution is -2.17. The van der Waals surface area contributed by atoms with Crippen molar-refractivity contribution in [2.45, 2.75) is 13.3 Å². The molecule has 2 aliphatic rings. The third-order valence-electron chi connectivity index (χ3n) is 2.19. The molecular weight excluding hydrogens is 222 g/mol. The summed E-state index contributed by atoms with van der Waals surface area (Å²) in [5.74, 6) is 0. The number of benzene rings is 1. The van der Waals surface area contributed by atoms with Gasteiger partial charge in [-0.1, -0.05) is 49.6 Å². The topological polar surface area (TPSA) is 3.24 Å². The predicted octanol–water partition coefficient (Wildman–Crippen LogP) is 3.05. The van der Waals surface area contributed by atoms with Gasteiger partial charge in [0.15, 0.2) is 0 Å².